The molecule has 0 atom stereocenters. The van der Waals surface area contributed by atoms with E-state index >= 15 is 0 Å². The van der Waals surface area contributed by atoms with Crippen molar-refractivity contribution in [1.29, 1.82) is 0 Å². The third kappa shape index (κ3) is 4.67. The molecule has 2 N–H and O–H groups in total. The van der Waals surface area contributed by atoms with Gasteiger partial charge >= 0.3 is 6.09 Å². The average Bonchev–Trinajstić information content (AvgIpc) is 3.08. The predicted molar refractivity (Wildman–Crippen MR) is 115 cm³/mol. The molecule has 1 saturated heterocycles. The zero-order chi connectivity index (χ0) is 20.9. The number of rotatable bonds is 6. The smallest absolute Gasteiger partial charge is 0.410 e. The van der Waals surface area contributed by atoms with Gasteiger partial charge in [0.25, 0.3) is 5.56 Å². The first-order valence-electron chi connectivity index (χ1n) is 10.4. The molecule has 7 heteroatoms. The van der Waals surface area contributed by atoms with Crippen LogP contribution in [-0.2, 0) is 17.9 Å². The molecule has 30 heavy (non-hydrogen) atoms. The fourth-order valence-electron chi connectivity index (χ4n) is 3.97. The van der Waals surface area contributed by atoms with Crippen LogP contribution in [0.15, 0.2) is 57.8 Å². The van der Waals surface area contributed by atoms with E-state index in [0.717, 1.165) is 31.2 Å². The number of hydrogen-bond acceptors (Lipinski definition) is 5. The van der Waals surface area contributed by atoms with Gasteiger partial charge in [-0.3, -0.25) is 4.79 Å². The molecule has 1 fully saturated rings. The fourth-order valence-corrected chi connectivity index (χ4v) is 3.97. The van der Waals surface area contributed by atoms with Crippen LogP contribution in [0.25, 0.3) is 11.0 Å². The number of piperidine rings is 1. The second-order valence-electron chi connectivity index (χ2n) is 7.87. The standard InChI is InChI=1S/C23H27N3O4/c24-19-8-9-20-21(15-19)30-26(22(20)27)12-4-7-17-10-13-25(14-11-17)23(28)29-16-18-5-2-1-3-6-18/h1-3,5-6,8-9,15,17H,4,7,10-14,16,24H2. The maximum Gasteiger partial charge on any atom is 0.410 e. The number of carbonyl (C=O) groups is 1. The highest BCUT2D eigenvalue weighted by atomic mass is 16.6. The Morgan fingerprint density at radius 2 is 1.90 bits per heavy atom. The van der Waals surface area contributed by atoms with Gasteiger partial charge in [-0.2, -0.15) is 4.74 Å². The van der Waals surface area contributed by atoms with Crippen molar-refractivity contribution in [2.24, 2.45) is 5.92 Å². The quantitative estimate of drug-likeness (QED) is 0.621. The average molecular weight is 409 g/mol. The van der Waals surface area contributed by atoms with Crippen molar-refractivity contribution in [1.82, 2.24) is 9.64 Å². The van der Waals surface area contributed by atoms with E-state index in [2.05, 4.69) is 0 Å². The molecule has 1 aromatic heterocycles. The van der Waals surface area contributed by atoms with Gasteiger partial charge in [-0.25, -0.2) is 4.79 Å². The van der Waals surface area contributed by atoms with E-state index in [4.69, 9.17) is 15.0 Å². The third-order valence-electron chi connectivity index (χ3n) is 5.72. The Balaban J connectivity index is 1.20. The van der Waals surface area contributed by atoms with Gasteiger partial charge in [0.05, 0.1) is 11.9 Å². The van der Waals surface area contributed by atoms with Gasteiger partial charge in [0.2, 0.25) is 0 Å². The molecule has 1 aliphatic heterocycles. The van der Waals surface area contributed by atoms with Gasteiger partial charge < -0.3 is 19.9 Å². The first-order chi connectivity index (χ1) is 14.6. The number of benzene rings is 2. The maximum atomic E-state index is 12.4. The van der Waals surface area contributed by atoms with Gasteiger partial charge in [0.1, 0.15) is 6.61 Å². The number of ether oxygens (including phenoxy) is 1. The lowest BCUT2D eigenvalue weighted by Gasteiger charge is -2.31. The van der Waals surface area contributed by atoms with Crippen LogP contribution in [-0.4, -0.2) is 28.8 Å². The molecule has 158 valence electrons. The predicted octanol–water partition coefficient (Wildman–Crippen LogP) is 4.01. The summed E-state index contributed by atoms with van der Waals surface area (Å²) < 4.78 is 12.5. The maximum absolute atomic E-state index is 12.4. The number of nitrogen functional groups attached to an aromatic ring is 1. The Hall–Kier alpha value is -3.22. The van der Waals surface area contributed by atoms with E-state index < -0.39 is 0 Å². The van der Waals surface area contributed by atoms with Crippen molar-refractivity contribution in [3.63, 3.8) is 0 Å². The van der Waals surface area contributed by atoms with Crippen molar-refractivity contribution in [2.75, 3.05) is 18.8 Å². The zero-order valence-electron chi connectivity index (χ0n) is 17.0. The molecule has 2 heterocycles. The van der Waals surface area contributed by atoms with E-state index in [1.54, 1.807) is 23.1 Å². The molecule has 1 amide bonds. The number of amides is 1. The van der Waals surface area contributed by atoms with Gasteiger partial charge in [-0.15, -0.1) is 0 Å². The Bertz CT molecular complexity index is 1050. The Kier molecular flexibility index (Phi) is 6.07. The van der Waals surface area contributed by atoms with Crippen LogP contribution in [0.4, 0.5) is 10.5 Å². The lowest BCUT2D eigenvalue weighted by Crippen LogP contribution is -2.38. The second kappa shape index (κ2) is 9.07. The van der Waals surface area contributed by atoms with Crippen LogP contribution in [0.3, 0.4) is 0 Å². The number of fused-ring (bicyclic) bond motifs is 1. The molecular weight excluding hydrogens is 382 g/mol. The molecule has 0 radical (unpaired) electrons. The first-order valence-corrected chi connectivity index (χ1v) is 10.4. The first kappa shape index (κ1) is 20.1. The summed E-state index contributed by atoms with van der Waals surface area (Å²) in [6, 6.07) is 14.8. The van der Waals surface area contributed by atoms with Gasteiger partial charge in [0.15, 0.2) is 5.58 Å². The van der Waals surface area contributed by atoms with Crippen molar-refractivity contribution in [3.05, 3.63) is 64.4 Å². The summed E-state index contributed by atoms with van der Waals surface area (Å²) in [7, 11) is 0. The second-order valence-corrected chi connectivity index (χ2v) is 7.87. The summed E-state index contributed by atoms with van der Waals surface area (Å²) in [6.07, 6.45) is 3.51. The van der Waals surface area contributed by atoms with Crippen LogP contribution >= 0.6 is 0 Å². The van der Waals surface area contributed by atoms with Crippen LogP contribution < -0.4 is 11.3 Å². The van der Waals surface area contributed by atoms with Gasteiger partial charge in [0, 0.05) is 24.8 Å². The van der Waals surface area contributed by atoms with Crippen LogP contribution in [0.2, 0.25) is 0 Å². The Morgan fingerprint density at radius 3 is 2.67 bits per heavy atom. The number of aromatic nitrogens is 1. The molecule has 0 spiro atoms. The summed E-state index contributed by atoms with van der Waals surface area (Å²) in [6.45, 7) is 2.27. The van der Waals surface area contributed by atoms with Gasteiger partial charge in [-0.1, -0.05) is 30.3 Å². The Morgan fingerprint density at radius 1 is 1.13 bits per heavy atom. The summed E-state index contributed by atoms with van der Waals surface area (Å²) in [4.78, 5) is 26.4. The SMILES string of the molecule is Nc1ccc2c(=O)n(CCCC3CCN(C(=O)OCc4ccccc4)CC3)oc2c1. The summed E-state index contributed by atoms with van der Waals surface area (Å²) in [5.41, 5.74) is 7.74. The molecule has 0 saturated carbocycles. The minimum absolute atomic E-state index is 0.110. The number of anilines is 1. The van der Waals surface area contributed by atoms with E-state index in [1.165, 1.54) is 4.74 Å². The monoisotopic (exact) mass is 409 g/mol. The van der Waals surface area contributed by atoms with Crippen molar-refractivity contribution >= 4 is 22.7 Å². The zero-order valence-corrected chi connectivity index (χ0v) is 17.0. The number of aryl methyl sites for hydroxylation is 1. The molecule has 3 aromatic rings. The molecule has 0 aliphatic carbocycles. The van der Waals surface area contributed by atoms with Crippen molar-refractivity contribution < 1.29 is 14.1 Å². The molecule has 1 aliphatic rings. The molecule has 4 rings (SSSR count). The summed E-state index contributed by atoms with van der Waals surface area (Å²) in [5, 5.41) is 0.562. The number of nitrogens with two attached hydrogens (primary N) is 1. The molecular formula is C23H27N3O4. The molecule has 0 bridgehead atoms. The van der Waals surface area contributed by atoms with Crippen molar-refractivity contribution in [2.45, 2.75) is 38.8 Å². The summed E-state index contributed by atoms with van der Waals surface area (Å²) >= 11 is 0. The number of likely N-dealkylation sites (tertiary alicyclic amines) is 1. The lowest BCUT2D eigenvalue weighted by molar-refractivity contribution is 0.0810. The van der Waals surface area contributed by atoms with E-state index in [1.807, 2.05) is 30.3 Å². The van der Waals surface area contributed by atoms with E-state index in [9.17, 15) is 9.59 Å². The number of carbonyl (C=O) groups excluding carboxylic acids is 1. The van der Waals surface area contributed by atoms with Crippen LogP contribution in [0.5, 0.6) is 0 Å². The van der Waals surface area contributed by atoms with E-state index in [0.29, 0.717) is 48.8 Å². The minimum Gasteiger partial charge on any atom is -0.445 e. The van der Waals surface area contributed by atoms with Crippen LogP contribution in [0, 0.1) is 5.92 Å². The molecule has 7 nitrogen and oxygen atoms in total. The minimum atomic E-state index is -0.245. The fraction of sp³-hybridized carbons (Fsp3) is 0.391. The summed E-state index contributed by atoms with van der Waals surface area (Å²) in [5.74, 6) is 0.541. The number of nitrogens with zero attached hydrogens (tertiary/aromatic N) is 2. The highest BCUT2D eigenvalue weighted by Gasteiger charge is 2.23. The molecule has 2 aromatic carbocycles. The van der Waals surface area contributed by atoms with Crippen LogP contribution in [0.1, 0.15) is 31.2 Å². The Labute approximate surface area is 175 Å². The van der Waals surface area contributed by atoms with E-state index in [-0.39, 0.29) is 11.7 Å². The largest absolute Gasteiger partial charge is 0.445 e. The highest BCUT2D eigenvalue weighted by molar-refractivity contribution is 5.79. The molecule has 0 unspecified atom stereocenters. The highest BCUT2D eigenvalue weighted by Crippen LogP contribution is 2.23. The lowest BCUT2D eigenvalue weighted by atomic mass is 9.92. The topological polar surface area (TPSA) is 90.7 Å². The normalized spacial score (nSPS) is 14.9. The van der Waals surface area contributed by atoms with Gasteiger partial charge in [-0.05, 0) is 49.3 Å². The van der Waals surface area contributed by atoms with Crippen molar-refractivity contribution in [3.8, 4) is 0 Å². The third-order valence-corrected chi connectivity index (χ3v) is 5.72. The number of hydrogen-bond donors (Lipinski definition) is 1.